The fourth-order valence-electron chi connectivity index (χ4n) is 4.48. The van der Waals surface area contributed by atoms with E-state index in [1.54, 1.807) is 29.0 Å². The second kappa shape index (κ2) is 6.59. The molecule has 2 aromatic carbocycles. The Labute approximate surface area is 173 Å². The fraction of sp³-hybridized carbons (Fsp3) is 0.174. The summed E-state index contributed by atoms with van der Waals surface area (Å²) in [7, 11) is 1.60. The van der Waals surface area contributed by atoms with Crippen molar-refractivity contribution in [2.24, 2.45) is 0 Å². The van der Waals surface area contributed by atoms with Crippen LogP contribution in [0.3, 0.4) is 0 Å². The van der Waals surface area contributed by atoms with Crippen molar-refractivity contribution in [3.05, 3.63) is 78.5 Å². The monoisotopic (exact) mass is 400 g/mol. The molecule has 7 heteroatoms. The Morgan fingerprint density at radius 3 is 2.67 bits per heavy atom. The predicted octanol–water partition coefficient (Wildman–Crippen LogP) is 3.04. The van der Waals surface area contributed by atoms with Gasteiger partial charge in [-0.05, 0) is 35.9 Å². The maximum Gasteiger partial charge on any atom is 0.243 e. The Bertz CT molecular complexity index is 1180. The number of nitrogens with one attached hydrogen (secondary N) is 1. The van der Waals surface area contributed by atoms with E-state index in [0.29, 0.717) is 17.9 Å². The third kappa shape index (κ3) is 2.35. The van der Waals surface area contributed by atoms with Gasteiger partial charge in [-0.15, -0.1) is 6.58 Å². The number of aromatic nitrogens is 2. The van der Waals surface area contributed by atoms with Gasteiger partial charge in [-0.25, -0.2) is 4.68 Å². The minimum atomic E-state index is -1.10. The number of benzene rings is 2. The average Bonchev–Trinajstić information content (AvgIpc) is 3.29. The molecule has 0 radical (unpaired) electrons. The number of anilines is 2. The van der Waals surface area contributed by atoms with Crippen molar-refractivity contribution in [2.75, 3.05) is 23.9 Å². The van der Waals surface area contributed by atoms with Crippen LogP contribution in [0.5, 0.6) is 5.75 Å². The van der Waals surface area contributed by atoms with E-state index in [9.17, 15) is 9.59 Å². The van der Waals surface area contributed by atoms with Gasteiger partial charge in [0.15, 0.2) is 0 Å². The molecule has 0 saturated heterocycles. The van der Waals surface area contributed by atoms with Gasteiger partial charge < -0.3 is 15.0 Å². The summed E-state index contributed by atoms with van der Waals surface area (Å²) in [5.74, 6) is 0.885. The minimum Gasteiger partial charge on any atom is -0.497 e. The predicted molar refractivity (Wildman–Crippen MR) is 113 cm³/mol. The van der Waals surface area contributed by atoms with Crippen LogP contribution in [0.4, 0.5) is 11.5 Å². The second-order valence-corrected chi connectivity index (χ2v) is 7.37. The van der Waals surface area contributed by atoms with Crippen molar-refractivity contribution in [1.29, 1.82) is 0 Å². The molecule has 0 bridgehead atoms. The number of rotatable bonds is 4. The molecule has 0 aliphatic carbocycles. The molecule has 1 aromatic heterocycles. The van der Waals surface area contributed by atoms with Gasteiger partial charge in [0.2, 0.25) is 11.8 Å². The Hall–Kier alpha value is -3.87. The fourth-order valence-corrected chi connectivity index (χ4v) is 4.48. The van der Waals surface area contributed by atoms with Crippen molar-refractivity contribution in [3.63, 3.8) is 0 Å². The lowest BCUT2D eigenvalue weighted by molar-refractivity contribution is -0.126. The van der Waals surface area contributed by atoms with Gasteiger partial charge in [-0.3, -0.25) is 9.59 Å². The number of nitrogens with zero attached hydrogens (tertiary/aromatic N) is 3. The van der Waals surface area contributed by atoms with E-state index in [1.807, 2.05) is 48.5 Å². The molecular formula is C23H20N4O3. The van der Waals surface area contributed by atoms with Gasteiger partial charge in [-0.1, -0.05) is 24.3 Å². The summed E-state index contributed by atoms with van der Waals surface area (Å²) < 4.78 is 6.88. The number of hydrogen-bond acceptors (Lipinski definition) is 4. The van der Waals surface area contributed by atoms with Crippen molar-refractivity contribution in [3.8, 4) is 11.4 Å². The summed E-state index contributed by atoms with van der Waals surface area (Å²) in [4.78, 5) is 28.2. The number of fused-ring (bicyclic) bond motifs is 4. The first kappa shape index (κ1) is 18.2. The Morgan fingerprint density at radius 1 is 1.17 bits per heavy atom. The summed E-state index contributed by atoms with van der Waals surface area (Å²) in [6, 6.07) is 15.0. The summed E-state index contributed by atoms with van der Waals surface area (Å²) in [6.07, 6.45) is 3.42. The molecule has 0 fully saturated rings. The number of carbonyl (C=O) groups excluding carboxylic acids is 2. The molecule has 1 N–H and O–H groups in total. The van der Waals surface area contributed by atoms with Crippen molar-refractivity contribution < 1.29 is 14.3 Å². The van der Waals surface area contributed by atoms with Gasteiger partial charge in [0, 0.05) is 24.2 Å². The highest BCUT2D eigenvalue weighted by atomic mass is 16.5. The highest BCUT2D eigenvalue weighted by molar-refractivity contribution is 6.15. The normalized spacial score (nSPS) is 19.4. The first-order valence-corrected chi connectivity index (χ1v) is 9.65. The molecular weight excluding hydrogens is 380 g/mol. The molecule has 1 atom stereocenters. The highest BCUT2D eigenvalue weighted by Gasteiger charge is 2.56. The summed E-state index contributed by atoms with van der Waals surface area (Å²) in [5, 5.41) is 7.45. The molecule has 150 valence electrons. The van der Waals surface area contributed by atoms with E-state index in [0.717, 1.165) is 22.7 Å². The summed E-state index contributed by atoms with van der Waals surface area (Å²) in [6.45, 7) is 4.16. The number of para-hydroxylation sites is 1. The standard InChI is InChI=1S/C23H20N4O3/c1-3-12-26-19-7-5-4-6-17(19)23(22(26)29)13-20(28)25-21-18(23)14-24-27(21)15-8-10-16(30-2)11-9-15/h3-11,14H,1,12-13H2,2H3,(H,25,28)/t23-/m0/s1. The molecule has 2 amide bonds. The van der Waals surface area contributed by atoms with Gasteiger partial charge in [0.25, 0.3) is 0 Å². The maximum absolute atomic E-state index is 13.7. The largest absolute Gasteiger partial charge is 0.497 e. The first-order valence-electron chi connectivity index (χ1n) is 9.65. The van der Waals surface area contributed by atoms with Crippen LogP contribution in [0.1, 0.15) is 17.5 Å². The van der Waals surface area contributed by atoms with E-state index in [1.165, 1.54) is 0 Å². The van der Waals surface area contributed by atoms with Crippen LogP contribution < -0.4 is 15.0 Å². The quantitative estimate of drug-likeness (QED) is 0.683. The van der Waals surface area contributed by atoms with Crippen LogP contribution in [0.25, 0.3) is 5.69 Å². The van der Waals surface area contributed by atoms with Crippen LogP contribution >= 0.6 is 0 Å². The SMILES string of the molecule is C=CCN1C(=O)[C@@]2(CC(=O)Nc3c2cnn3-c2ccc(OC)cc2)c2ccccc21. The molecule has 2 aliphatic rings. The van der Waals surface area contributed by atoms with Crippen LogP contribution in [0.2, 0.25) is 0 Å². The number of carbonyl (C=O) groups is 2. The number of methoxy groups -OCH3 is 1. The molecule has 7 nitrogen and oxygen atoms in total. The summed E-state index contributed by atoms with van der Waals surface area (Å²) in [5.41, 5.74) is 1.99. The Balaban J connectivity index is 1.72. The molecule has 2 aliphatic heterocycles. The minimum absolute atomic E-state index is 0.0395. The maximum atomic E-state index is 13.7. The zero-order valence-corrected chi connectivity index (χ0v) is 16.5. The molecule has 3 heterocycles. The van der Waals surface area contributed by atoms with Crippen LogP contribution in [-0.4, -0.2) is 35.2 Å². The lowest BCUT2D eigenvalue weighted by atomic mass is 9.72. The molecule has 3 aromatic rings. The first-order chi connectivity index (χ1) is 14.6. The third-order valence-electron chi connectivity index (χ3n) is 5.81. The Morgan fingerprint density at radius 2 is 1.93 bits per heavy atom. The van der Waals surface area contributed by atoms with Crippen LogP contribution in [-0.2, 0) is 15.0 Å². The number of hydrogen-bond donors (Lipinski definition) is 1. The number of ether oxygens (including phenoxy) is 1. The topological polar surface area (TPSA) is 76.5 Å². The van der Waals surface area contributed by atoms with Crippen LogP contribution in [0.15, 0.2) is 67.4 Å². The smallest absolute Gasteiger partial charge is 0.243 e. The van der Waals surface area contributed by atoms with E-state index < -0.39 is 5.41 Å². The molecule has 1 spiro atoms. The van der Waals surface area contributed by atoms with E-state index in [2.05, 4.69) is 17.0 Å². The van der Waals surface area contributed by atoms with Gasteiger partial charge in [0.05, 0.1) is 19.0 Å². The Kier molecular flexibility index (Phi) is 3.99. The molecule has 30 heavy (non-hydrogen) atoms. The van der Waals surface area contributed by atoms with Crippen molar-refractivity contribution >= 4 is 23.3 Å². The summed E-state index contributed by atoms with van der Waals surface area (Å²) >= 11 is 0. The van der Waals surface area contributed by atoms with Gasteiger partial charge >= 0.3 is 0 Å². The lowest BCUT2D eigenvalue weighted by Crippen LogP contribution is -2.46. The molecule has 0 saturated carbocycles. The van der Waals surface area contributed by atoms with Gasteiger partial charge in [-0.2, -0.15) is 5.10 Å². The van der Waals surface area contributed by atoms with Crippen molar-refractivity contribution in [1.82, 2.24) is 9.78 Å². The zero-order valence-electron chi connectivity index (χ0n) is 16.5. The van der Waals surface area contributed by atoms with Crippen molar-refractivity contribution in [2.45, 2.75) is 11.8 Å². The van der Waals surface area contributed by atoms with E-state index >= 15 is 0 Å². The van der Waals surface area contributed by atoms with E-state index in [-0.39, 0.29) is 18.2 Å². The molecule has 5 rings (SSSR count). The lowest BCUT2D eigenvalue weighted by Gasteiger charge is -2.32. The number of amides is 2. The van der Waals surface area contributed by atoms with Gasteiger partial charge in [0.1, 0.15) is 17.0 Å². The van der Waals surface area contributed by atoms with E-state index in [4.69, 9.17) is 4.74 Å². The highest BCUT2D eigenvalue weighted by Crippen LogP contribution is 2.52. The molecule has 0 unspecified atom stereocenters. The third-order valence-corrected chi connectivity index (χ3v) is 5.81. The average molecular weight is 400 g/mol. The second-order valence-electron chi connectivity index (χ2n) is 7.37. The van der Waals surface area contributed by atoms with Crippen LogP contribution in [0, 0.1) is 0 Å². The zero-order chi connectivity index (χ0) is 20.9.